The van der Waals surface area contributed by atoms with Crippen LogP contribution in [0.15, 0.2) is 29.8 Å². The van der Waals surface area contributed by atoms with Gasteiger partial charge < -0.3 is 10.1 Å². The van der Waals surface area contributed by atoms with Gasteiger partial charge in [-0.1, -0.05) is 50.6 Å². The molecule has 0 amide bonds. The number of alkyl halides is 3. The lowest BCUT2D eigenvalue weighted by Crippen LogP contribution is -2.24. The van der Waals surface area contributed by atoms with Crippen molar-refractivity contribution in [2.45, 2.75) is 39.6 Å². The van der Waals surface area contributed by atoms with Crippen LogP contribution in [0, 0.1) is 0 Å². The standard InChI is InChI=1S/C15H20F3NO/c1-4-12(10-19-11(2)3)9-13-7-5-6-8-14(13)20-15(16,17)18/h5-9,11,19H,4,10H2,1-3H3. The maximum Gasteiger partial charge on any atom is 0.573 e. The minimum Gasteiger partial charge on any atom is -0.405 e. The zero-order valence-electron chi connectivity index (χ0n) is 11.9. The maximum atomic E-state index is 12.3. The number of para-hydroxylation sites is 1. The summed E-state index contributed by atoms with van der Waals surface area (Å²) < 4.78 is 41.1. The minimum absolute atomic E-state index is 0.171. The number of rotatable bonds is 6. The Bertz CT molecular complexity index is 453. The zero-order chi connectivity index (χ0) is 15.2. The SMILES string of the molecule is CCC(=Cc1ccccc1OC(F)(F)F)CNC(C)C. The normalized spacial score (nSPS) is 12.8. The van der Waals surface area contributed by atoms with Crippen LogP contribution >= 0.6 is 0 Å². The van der Waals surface area contributed by atoms with Crippen LogP contribution in [-0.2, 0) is 0 Å². The molecular formula is C15H20F3NO. The summed E-state index contributed by atoms with van der Waals surface area (Å²) in [6.45, 7) is 6.66. The van der Waals surface area contributed by atoms with Gasteiger partial charge in [0.1, 0.15) is 5.75 Å². The topological polar surface area (TPSA) is 21.3 Å². The number of ether oxygens (including phenoxy) is 1. The van der Waals surface area contributed by atoms with Crippen molar-refractivity contribution in [1.29, 1.82) is 0 Å². The Balaban J connectivity index is 2.94. The van der Waals surface area contributed by atoms with Gasteiger partial charge in [-0.25, -0.2) is 0 Å². The fourth-order valence-corrected chi connectivity index (χ4v) is 1.65. The van der Waals surface area contributed by atoms with Crippen LogP contribution in [0.5, 0.6) is 5.75 Å². The summed E-state index contributed by atoms with van der Waals surface area (Å²) in [5, 5.41) is 3.25. The van der Waals surface area contributed by atoms with Gasteiger partial charge >= 0.3 is 6.36 Å². The molecule has 0 aliphatic rings. The molecule has 1 aromatic rings. The third kappa shape index (κ3) is 6.10. The van der Waals surface area contributed by atoms with Gasteiger partial charge in [0.15, 0.2) is 0 Å². The van der Waals surface area contributed by atoms with Gasteiger partial charge in [0.25, 0.3) is 0 Å². The van der Waals surface area contributed by atoms with Gasteiger partial charge in [0, 0.05) is 18.2 Å². The molecule has 0 fully saturated rings. The summed E-state index contributed by atoms with van der Waals surface area (Å²) in [6.07, 6.45) is -2.16. The Labute approximate surface area is 117 Å². The molecular weight excluding hydrogens is 267 g/mol. The molecule has 0 saturated heterocycles. The Kier molecular flexibility index (Phi) is 6.07. The molecule has 0 aliphatic carbocycles. The Morgan fingerprint density at radius 2 is 1.95 bits per heavy atom. The highest BCUT2D eigenvalue weighted by Crippen LogP contribution is 2.28. The van der Waals surface area contributed by atoms with Gasteiger partial charge in [-0.3, -0.25) is 0 Å². The van der Waals surface area contributed by atoms with Crippen molar-refractivity contribution in [3.05, 3.63) is 35.4 Å². The first-order chi connectivity index (χ1) is 9.31. The third-order valence-corrected chi connectivity index (χ3v) is 2.70. The highest BCUT2D eigenvalue weighted by Gasteiger charge is 2.31. The molecule has 112 valence electrons. The van der Waals surface area contributed by atoms with Crippen LogP contribution in [0.3, 0.4) is 0 Å². The van der Waals surface area contributed by atoms with E-state index in [4.69, 9.17) is 0 Å². The lowest BCUT2D eigenvalue weighted by molar-refractivity contribution is -0.274. The molecule has 1 aromatic carbocycles. The molecule has 0 bridgehead atoms. The molecule has 0 saturated carbocycles. The van der Waals surface area contributed by atoms with E-state index >= 15 is 0 Å². The summed E-state index contributed by atoms with van der Waals surface area (Å²) in [5.74, 6) is -0.171. The highest BCUT2D eigenvalue weighted by atomic mass is 19.4. The first-order valence-electron chi connectivity index (χ1n) is 6.59. The smallest absolute Gasteiger partial charge is 0.405 e. The monoisotopic (exact) mass is 287 g/mol. The van der Waals surface area contributed by atoms with Gasteiger partial charge in [0.05, 0.1) is 0 Å². The molecule has 5 heteroatoms. The first-order valence-corrected chi connectivity index (χ1v) is 6.59. The highest BCUT2D eigenvalue weighted by molar-refractivity contribution is 5.60. The second kappa shape index (κ2) is 7.33. The molecule has 0 heterocycles. The number of halogens is 3. The number of benzene rings is 1. The fourth-order valence-electron chi connectivity index (χ4n) is 1.65. The molecule has 1 rings (SSSR count). The molecule has 0 radical (unpaired) electrons. The molecule has 0 aromatic heterocycles. The summed E-state index contributed by atoms with van der Waals surface area (Å²) in [4.78, 5) is 0. The van der Waals surface area contributed by atoms with Gasteiger partial charge in [-0.05, 0) is 12.5 Å². The Morgan fingerprint density at radius 1 is 1.30 bits per heavy atom. The van der Waals surface area contributed by atoms with Crippen molar-refractivity contribution in [3.63, 3.8) is 0 Å². The van der Waals surface area contributed by atoms with E-state index in [0.29, 0.717) is 18.2 Å². The summed E-state index contributed by atoms with van der Waals surface area (Å²) in [5.41, 5.74) is 1.46. The largest absolute Gasteiger partial charge is 0.573 e. The van der Waals surface area contributed by atoms with E-state index in [1.54, 1.807) is 18.2 Å². The molecule has 0 aliphatic heterocycles. The molecule has 20 heavy (non-hydrogen) atoms. The van der Waals surface area contributed by atoms with Crippen molar-refractivity contribution < 1.29 is 17.9 Å². The van der Waals surface area contributed by atoms with Gasteiger partial charge in [0.2, 0.25) is 0 Å². The predicted molar refractivity (Wildman–Crippen MR) is 74.5 cm³/mol. The lowest BCUT2D eigenvalue weighted by Gasteiger charge is -2.13. The van der Waals surface area contributed by atoms with Gasteiger partial charge in [-0.15, -0.1) is 13.2 Å². The summed E-state index contributed by atoms with van der Waals surface area (Å²) in [7, 11) is 0. The quantitative estimate of drug-likeness (QED) is 0.838. The van der Waals surface area contributed by atoms with Crippen molar-refractivity contribution >= 4 is 6.08 Å². The van der Waals surface area contributed by atoms with E-state index in [0.717, 1.165) is 12.0 Å². The number of nitrogens with one attached hydrogen (secondary N) is 1. The predicted octanol–water partition coefficient (Wildman–Crippen LogP) is 4.38. The number of hydrogen-bond donors (Lipinski definition) is 1. The van der Waals surface area contributed by atoms with E-state index in [1.165, 1.54) is 12.1 Å². The van der Waals surface area contributed by atoms with Crippen LogP contribution in [0.25, 0.3) is 6.08 Å². The van der Waals surface area contributed by atoms with E-state index in [9.17, 15) is 13.2 Å². The maximum absolute atomic E-state index is 12.3. The van der Waals surface area contributed by atoms with Crippen molar-refractivity contribution in [1.82, 2.24) is 5.32 Å². The van der Waals surface area contributed by atoms with Crippen LogP contribution in [0.1, 0.15) is 32.8 Å². The fraction of sp³-hybridized carbons (Fsp3) is 0.467. The second-order valence-electron chi connectivity index (χ2n) is 4.78. The van der Waals surface area contributed by atoms with Crippen LogP contribution in [0.2, 0.25) is 0 Å². The van der Waals surface area contributed by atoms with Crippen molar-refractivity contribution in [2.75, 3.05) is 6.54 Å². The lowest BCUT2D eigenvalue weighted by atomic mass is 10.1. The number of hydrogen-bond acceptors (Lipinski definition) is 2. The molecule has 1 N–H and O–H groups in total. The second-order valence-corrected chi connectivity index (χ2v) is 4.78. The Hall–Kier alpha value is -1.49. The molecule has 0 unspecified atom stereocenters. The van der Waals surface area contributed by atoms with Crippen LogP contribution in [0.4, 0.5) is 13.2 Å². The molecule has 0 spiro atoms. The van der Waals surface area contributed by atoms with E-state index in [-0.39, 0.29) is 5.75 Å². The Morgan fingerprint density at radius 3 is 2.50 bits per heavy atom. The third-order valence-electron chi connectivity index (χ3n) is 2.70. The van der Waals surface area contributed by atoms with Crippen LogP contribution < -0.4 is 10.1 Å². The summed E-state index contributed by atoms with van der Waals surface area (Å²) in [6, 6.07) is 6.48. The zero-order valence-corrected chi connectivity index (χ0v) is 11.9. The molecule has 2 nitrogen and oxygen atoms in total. The van der Waals surface area contributed by atoms with Crippen LogP contribution in [-0.4, -0.2) is 18.9 Å². The van der Waals surface area contributed by atoms with E-state index in [1.807, 2.05) is 20.8 Å². The van der Waals surface area contributed by atoms with Crippen molar-refractivity contribution in [2.24, 2.45) is 0 Å². The average Bonchev–Trinajstić information content (AvgIpc) is 2.34. The first kappa shape index (κ1) is 16.6. The summed E-state index contributed by atoms with van der Waals surface area (Å²) >= 11 is 0. The van der Waals surface area contributed by atoms with E-state index < -0.39 is 6.36 Å². The van der Waals surface area contributed by atoms with Gasteiger partial charge in [-0.2, -0.15) is 0 Å². The molecule has 0 atom stereocenters. The minimum atomic E-state index is -4.67. The average molecular weight is 287 g/mol. The van der Waals surface area contributed by atoms with E-state index in [2.05, 4.69) is 10.1 Å². The van der Waals surface area contributed by atoms with Crippen molar-refractivity contribution in [3.8, 4) is 5.75 Å².